The van der Waals surface area contributed by atoms with Crippen molar-refractivity contribution < 1.29 is 11.3 Å². The SMILES string of the molecule is [2H]c1c([2H])c([2H])c(-c2cccc3c2oc2c(Cl)cccc23)c([2H])c1[2H]. The van der Waals surface area contributed by atoms with Crippen molar-refractivity contribution in [1.82, 2.24) is 0 Å². The molecular weight excluding hydrogens is 268 g/mol. The Kier molecular flexibility index (Phi) is 1.65. The average molecular weight is 284 g/mol. The monoisotopic (exact) mass is 283 g/mol. The van der Waals surface area contributed by atoms with Gasteiger partial charge in [0, 0.05) is 16.3 Å². The summed E-state index contributed by atoms with van der Waals surface area (Å²) in [7, 11) is 0. The van der Waals surface area contributed by atoms with Gasteiger partial charge in [-0.25, -0.2) is 0 Å². The van der Waals surface area contributed by atoms with E-state index in [-0.39, 0.29) is 29.7 Å². The molecule has 1 nitrogen and oxygen atoms in total. The minimum absolute atomic E-state index is 0.117. The Labute approximate surface area is 128 Å². The molecule has 0 amide bonds. The Balaban J connectivity index is 2.17. The first kappa shape index (κ1) is 7.51. The van der Waals surface area contributed by atoms with Crippen LogP contribution < -0.4 is 0 Å². The van der Waals surface area contributed by atoms with Crippen LogP contribution >= 0.6 is 11.6 Å². The minimum Gasteiger partial charge on any atom is -0.454 e. The van der Waals surface area contributed by atoms with Crippen molar-refractivity contribution >= 4 is 33.5 Å². The van der Waals surface area contributed by atoms with Crippen molar-refractivity contribution in [2.75, 3.05) is 0 Å². The molecule has 0 fully saturated rings. The van der Waals surface area contributed by atoms with Crippen LogP contribution in [0.3, 0.4) is 0 Å². The van der Waals surface area contributed by atoms with Crippen LogP contribution in [0.5, 0.6) is 0 Å². The van der Waals surface area contributed by atoms with E-state index in [1.807, 2.05) is 18.2 Å². The summed E-state index contributed by atoms with van der Waals surface area (Å²) in [6, 6.07) is 9.04. The quantitative estimate of drug-likeness (QED) is 0.423. The van der Waals surface area contributed by atoms with Crippen molar-refractivity contribution in [3.05, 3.63) is 71.6 Å². The summed E-state index contributed by atoms with van der Waals surface area (Å²) in [5.74, 6) is 0. The molecule has 4 aromatic rings. The van der Waals surface area contributed by atoms with Crippen LogP contribution in [0.1, 0.15) is 6.85 Å². The van der Waals surface area contributed by atoms with Gasteiger partial charge in [-0.2, -0.15) is 0 Å². The fourth-order valence-electron chi connectivity index (χ4n) is 2.37. The summed E-state index contributed by atoms with van der Waals surface area (Å²) in [5, 5.41) is 2.05. The van der Waals surface area contributed by atoms with Gasteiger partial charge in [0.05, 0.1) is 11.9 Å². The van der Waals surface area contributed by atoms with E-state index in [9.17, 15) is 0 Å². The van der Waals surface area contributed by atoms with E-state index in [1.165, 1.54) is 0 Å². The maximum absolute atomic E-state index is 8.18. The van der Waals surface area contributed by atoms with Crippen LogP contribution in [0.2, 0.25) is 5.02 Å². The predicted molar refractivity (Wildman–Crippen MR) is 84.2 cm³/mol. The first-order valence-corrected chi connectivity index (χ1v) is 6.46. The molecule has 0 N–H and O–H groups in total. The lowest BCUT2D eigenvalue weighted by Gasteiger charge is -2.01. The summed E-state index contributed by atoms with van der Waals surface area (Å²) >= 11 is 6.21. The number of hydrogen-bond donors (Lipinski definition) is 0. The zero-order valence-electron chi connectivity index (χ0n) is 15.3. The molecule has 0 spiro atoms. The topological polar surface area (TPSA) is 13.1 Å². The van der Waals surface area contributed by atoms with E-state index in [0.717, 1.165) is 10.8 Å². The Hall–Kier alpha value is -2.25. The van der Waals surface area contributed by atoms with E-state index < -0.39 is 6.04 Å². The molecule has 0 aliphatic carbocycles. The molecule has 96 valence electrons. The first-order chi connectivity index (χ1) is 11.9. The van der Waals surface area contributed by atoms with Crippen LogP contribution in [0.15, 0.2) is 71.0 Å². The fraction of sp³-hybridized carbons (Fsp3) is 0. The molecule has 0 unspecified atom stereocenters. The summed E-state index contributed by atoms with van der Waals surface area (Å²) in [5.41, 5.74) is 1.52. The lowest BCUT2D eigenvalue weighted by atomic mass is 10.0. The number of fused-ring (bicyclic) bond motifs is 3. The molecule has 2 heteroatoms. The fourth-order valence-corrected chi connectivity index (χ4v) is 2.58. The number of furan rings is 1. The highest BCUT2D eigenvalue weighted by Crippen LogP contribution is 2.37. The van der Waals surface area contributed by atoms with Gasteiger partial charge in [-0.05, 0) is 11.6 Å². The zero-order valence-corrected chi connectivity index (χ0v) is 11.0. The number of rotatable bonds is 1. The third kappa shape index (κ3) is 1.64. The average Bonchev–Trinajstić information content (AvgIpc) is 3.00. The second-order valence-electron chi connectivity index (χ2n) is 4.40. The van der Waals surface area contributed by atoms with Crippen molar-refractivity contribution in [1.29, 1.82) is 0 Å². The molecule has 0 aliphatic heterocycles. The van der Waals surface area contributed by atoms with Gasteiger partial charge in [-0.15, -0.1) is 0 Å². The molecule has 20 heavy (non-hydrogen) atoms. The first-order valence-electron chi connectivity index (χ1n) is 8.59. The summed E-state index contributed by atoms with van der Waals surface area (Å²) < 4.78 is 45.8. The Morgan fingerprint density at radius 1 is 0.850 bits per heavy atom. The molecule has 0 bridgehead atoms. The third-order valence-electron chi connectivity index (χ3n) is 3.25. The second kappa shape index (κ2) is 4.39. The molecule has 0 saturated heterocycles. The van der Waals surface area contributed by atoms with Crippen molar-refractivity contribution in [2.45, 2.75) is 0 Å². The highest BCUT2D eigenvalue weighted by Gasteiger charge is 2.13. The molecule has 3 aromatic carbocycles. The highest BCUT2D eigenvalue weighted by atomic mass is 35.5. The van der Waals surface area contributed by atoms with Crippen LogP contribution in [-0.2, 0) is 0 Å². The summed E-state index contributed by atoms with van der Waals surface area (Å²) in [6.07, 6.45) is 0. The van der Waals surface area contributed by atoms with Crippen molar-refractivity contribution in [3.63, 3.8) is 0 Å². The second-order valence-corrected chi connectivity index (χ2v) is 4.81. The molecular formula is C18H11ClO. The van der Waals surface area contributed by atoms with Crippen LogP contribution in [0.25, 0.3) is 33.1 Å². The lowest BCUT2D eigenvalue weighted by molar-refractivity contribution is 0.670. The molecule has 1 heterocycles. The van der Waals surface area contributed by atoms with Crippen LogP contribution in [0.4, 0.5) is 0 Å². The van der Waals surface area contributed by atoms with Gasteiger partial charge in [0.2, 0.25) is 0 Å². The molecule has 0 radical (unpaired) electrons. The van der Waals surface area contributed by atoms with Crippen LogP contribution in [-0.4, -0.2) is 0 Å². The van der Waals surface area contributed by atoms with Gasteiger partial charge < -0.3 is 4.42 Å². The Morgan fingerprint density at radius 3 is 2.35 bits per heavy atom. The smallest absolute Gasteiger partial charge is 0.154 e. The summed E-state index contributed by atoms with van der Waals surface area (Å²) in [4.78, 5) is 0. The lowest BCUT2D eigenvalue weighted by Crippen LogP contribution is -1.77. The molecule has 0 saturated carbocycles. The molecule has 1 aromatic heterocycles. The predicted octanol–water partition coefficient (Wildman–Crippen LogP) is 5.91. The van der Waals surface area contributed by atoms with Gasteiger partial charge in [0.25, 0.3) is 0 Å². The van der Waals surface area contributed by atoms with E-state index in [1.54, 1.807) is 18.2 Å². The van der Waals surface area contributed by atoms with Crippen molar-refractivity contribution in [3.8, 4) is 11.1 Å². The van der Waals surface area contributed by atoms with Gasteiger partial charge in [-0.1, -0.05) is 72.1 Å². The molecule has 0 atom stereocenters. The maximum atomic E-state index is 8.18. The van der Waals surface area contributed by atoms with Gasteiger partial charge in [-0.3, -0.25) is 0 Å². The minimum atomic E-state index is -0.418. The van der Waals surface area contributed by atoms with E-state index >= 15 is 0 Å². The van der Waals surface area contributed by atoms with Crippen LogP contribution in [0, 0.1) is 0 Å². The van der Waals surface area contributed by atoms with E-state index in [2.05, 4.69) is 0 Å². The third-order valence-corrected chi connectivity index (χ3v) is 3.54. The number of halogens is 1. The Morgan fingerprint density at radius 2 is 1.55 bits per heavy atom. The molecule has 0 aliphatic rings. The summed E-state index contributed by atoms with van der Waals surface area (Å²) in [6.45, 7) is 0. The number of para-hydroxylation sites is 2. The van der Waals surface area contributed by atoms with Gasteiger partial charge in [0.15, 0.2) is 5.58 Å². The number of benzene rings is 3. The highest BCUT2D eigenvalue weighted by molar-refractivity contribution is 6.36. The normalized spacial score (nSPS) is 14.8. The standard InChI is InChI=1S/C18H11ClO/c19-16-11-5-10-15-14-9-4-8-13(17(14)20-18(15)16)12-6-2-1-3-7-12/h1-11H/i1D,2D,3D,6D,7D. The Bertz CT molecular complexity index is 1140. The van der Waals surface area contributed by atoms with E-state index in [4.69, 9.17) is 22.9 Å². The van der Waals surface area contributed by atoms with E-state index in [0.29, 0.717) is 21.8 Å². The maximum Gasteiger partial charge on any atom is 0.154 e. The number of hydrogen-bond acceptors (Lipinski definition) is 1. The largest absolute Gasteiger partial charge is 0.454 e. The molecule has 4 rings (SSSR count). The van der Waals surface area contributed by atoms with Gasteiger partial charge in [0.1, 0.15) is 5.58 Å². The zero-order chi connectivity index (χ0) is 17.9. The van der Waals surface area contributed by atoms with Crippen molar-refractivity contribution in [2.24, 2.45) is 0 Å². The van der Waals surface area contributed by atoms with Gasteiger partial charge >= 0.3 is 0 Å².